The van der Waals surface area contributed by atoms with Gasteiger partial charge in [0.2, 0.25) is 0 Å². The SMILES string of the molecule is CCCCCCC[C@H](C[C@H](C[C@H](C[C@@H]1C=CC[C@@H](CCOCc2ccc(OC)cc2)O1)O[Si](C)(C)C(C)(C)C)O[Si](C)(C)C(C)(C)C)O[Si](C)(C)C(C)(C)C. The summed E-state index contributed by atoms with van der Waals surface area (Å²) < 4.78 is 40.4. The molecule has 0 saturated carbocycles. The average molecular weight is 821 g/mol. The van der Waals surface area contributed by atoms with E-state index in [4.69, 9.17) is 27.5 Å². The summed E-state index contributed by atoms with van der Waals surface area (Å²) in [5, 5.41) is 0.356. The van der Waals surface area contributed by atoms with Crippen molar-refractivity contribution < 1.29 is 27.5 Å². The zero-order valence-electron chi connectivity index (χ0n) is 39.0. The Morgan fingerprint density at radius 2 is 1.20 bits per heavy atom. The summed E-state index contributed by atoms with van der Waals surface area (Å²) in [5.41, 5.74) is 1.15. The van der Waals surface area contributed by atoms with E-state index in [9.17, 15) is 0 Å². The molecule has 0 spiro atoms. The Bertz CT molecular complexity index is 1240. The molecule has 0 amide bonds. The predicted molar refractivity (Wildman–Crippen MR) is 243 cm³/mol. The van der Waals surface area contributed by atoms with Crippen molar-refractivity contribution in [2.75, 3.05) is 13.7 Å². The van der Waals surface area contributed by atoms with Crippen LogP contribution in [-0.4, -0.2) is 69.2 Å². The van der Waals surface area contributed by atoms with Crippen LogP contribution in [0.15, 0.2) is 36.4 Å². The zero-order chi connectivity index (χ0) is 41.7. The summed E-state index contributed by atoms with van der Waals surface area (Å²) in [4.78, 5) is 0. The van der Waals surface area contributed by atoms with Crippen LogP contribution in [0.3, 0.4) is 0 Å². The van der Waals surface area contributed by atoms with Gasteiger partial charge < -0.3 is 27.5 Å². The highest BCUT2D eigenvalue weighted by Gasteiger charge is 2.44. The molecule has 0 N–H and O–H groups in total. The number of methoxy groups -OCH3 is 1. The average Bonchev–Trinajstić information content (AvgIpc) is 3.05. The van der Waals surface area contributed by atoms with Gasteiger partial charge in [-0.3, -0.25) is 0 Å². The molecule has 320 valence electrons. The van der Waals surface area contributed by atoms with Crippen LogP contribution in [0.1, 0.15) is 145 Å². The van der Waals surface area contributed by atoms with Gasteiger partial charge in [-0.25, -0.2) is 0 Å². The second-order valence-electron chi connectivity index (χ2n) is 21.1. The predicted octanol–water partition coefficient (Wildman–Crippen LogP) is 14.0. The van der Waals surface area contributed by atoms with Crippen LogP contribution in [0.5, 0.6) is 5.75 Å². The van der Waals surface area contributed by atoms with Crippen molar-refractivity contribution in [2.45, 2.75) is 231 Å². The first-order chi connectivity index (χ1) is 25.3. The van der Waals surface area contributed by atoms with Crippen molar-refractivity contribution in [1.29, 1.82) is 0 Å². The summed E-state index contributed by atoms with van der Waals surface area (Å²) in [6.45, 7) is 39.2. The molecule has 0 aromatic heterocycles. The molecule has 1 aliphatic heterocycles. The lowest BCUT2D eigenvalue weighted by Crippen LogP contribution is -2.49. The number of ether oxygens (including phenoxy) is 3. The van der Waals surface area contributed by atoms with E-state index < -0.39 is 25.0 Å². The number of hydrogen-bond donors (Lipinski definition) is 0. The topological polar surface area (TPSA) is 55.4 Å². The Labute approximate surface area is 344 Å². The van der Waals surface area contributed by atoms with Crippen molar-refractivity contribution in [3.63, 3.8) is 0 Å². The maximum atomic E-state index is 7.46. The molecule has 6 nitrogen and oxygen atoms in total. The van der Waals surface area contributed by atoms with Gasteiger partial charge in [-0.05, 0) is 104 Å². The van der Waals surface area contributed by atoms with Gasteiger partial charge in [0.05, 0.1) is 32.0 Å². The van der Waals surface area contributed by atoms with Gasteiger partial charge in [0.1, 0.15) is 5.75 Å². The molecule has 0 unspecified atom stereocenters. The minimum atomic E-state index is -2.11. The van der Waals surface area contributed by atoms with Crippen molar-refractivity contribution in [1.82, 2.24) is 0 Å². The molecular formula is C46H88O6Si3. The third-order valence-electron chi connectivity index (χ3n) is 13.1. The van der Waals surface area contributed by atoms with Crippen molar-refractivity contribution in [3.05, 3.63) is 42.0 Å². The lowest BCUT2D eigenvalue weighted by atomic mass is 9.97. The molecule has 1 aliphatic rings. The van der Waals surface area contributed by atoms with E-state index in [0.29, 0.717) is 13.2 Å². The van der Waals surface area contributed by atoms with Gasteiger partial charge in [-0.2, -0.15) is 0 Å². The quantitative estimate of drug-likeness (QED) is 0.0588. The first-order valence-corrected chi connectivity index (χ1v) is 30.6. The number of rotatable bonds is 24. The van der Waals surface area contributed by atoms with Crippen LogP contribution >= 0.6 is 0 Å². The largest absolute Gasteiger partial charge is 0.497 e. The second kappa shape index (κ2) is 22.0. The van der Waals surface area contributed by atoms with Crippen LogP contribution in [0, 0.1) is 0 Å². The van der Waals surface area contributed by atoms with Gasteiger partial charge in [-0.1, -0.05) is 126 Å². The smallest absolute Gasteiger partial charge is 0.192 e. The van der Waals surface area contributed by atoms with Crippen LogP contribution in [0.25, 0.3) is 0 Å². The van der Waals surface area contributed by atoms with Crippen molar-refractivity contribution in [3.8, 4) is 5.75 Å². The maximum Gasteiger partial charge on any atom is 0.192 e. The minimum Gasteiger partial charge on any atom is -0.497 e. The van der Waals surface area contributed by atoms with Crippen molar-refractivity contribution in [2.24, 2.45) is 0 Å². The highest BCUT2D eigenvalue weighted by atomic mass is 28.4. The van der Waals surface area contributed by atoms with E-state index in [1.165, 1.54) is 32.1 Å². The highest BCUT2D eigenvalue weighted by Crippen LogP contribution is 2.43. The van der Waals surface area contributed by atoms with E-state index in [2.05, 4.69) is 133 Å². The standard InChI is InChI=1S/C46H88O6Si3/c1-18-19-20-21-22-24-41(50-53(12,13)44(2,3)4)34-43(52-55(16,17)46(8,9)10)35-42(51-54(14,15)45(5,6)7)33-40-26-23-25-39(49-40)31-32-48-36-37-27-29-38(47-11)30-28-37/h23,26-30,39-43H,18-22,24-25,31-36H2,1-17H3/t39-,40-,41+,42-,43+/m0/s1. The Kier molecular flexibility index (Phi) is 20.1. The molecule has 0 radical (unpaired) electrons. The minimum absolute atomic E-state index is 0.00136. The van der Waals surface area contributed by atoms with E-state index in [0.717, 1.165) is 49.8 Å². The number of benzene rings is 1. The lowest BCUT2D eigenvalue weighted by molar-refractivity contribution is -0.0389. The molecular weight excluding hydrogens is 733 g/mol. The Morgan fingerprint density at radius 1 is 0.691 bits per heavy atom. The summed E-state index contributed by atoms with van der Waals surface area (Å²) in [6.07, 6.45) is 16.8. The Hall–Kier alpha value is -0.789. The molecule has 1 aromatic carbocycles. The van der Waals surface area contributed by atoms with E-state index in [1.54, 1.807) is 7.11 Å². The third kappa shape index (κ3) is 17.5. The van der Waals surface area contributed by atoms with Crippen molar-refractivity contribution >= 4 is 25.0 Å². The molecule has 5 atom stereocenters. The molecule has 0 bridgehead atoms. The van der Waals surface area contributed by atoms with Crippen LogP contribution < -0.4 is 4.74 Å². The highest BCUT2D eigenvalue weighted by molar-refractivity contribution is 6.75. The first-order valence-electron chi connectivity index (χ1n) is 21.9. The summed E-state index contributed by atoms with van der Waals surface area (Å²) in [5.74, 6) is 0.864. The first kappa shape index (κ1) is 50.4. The fraction of sp³-hybridized carbons (Fsp3) is 0.826. The van der Waals surface area contributed by atoms with E-state index >= 15 is 0 Å². The van der Waals surface area contributed by atoms with E-state index in [-0.39, 0.29) is 45.6 Å². The van der Waals surface area contributed by atoms with Gasteiger partial charge in [0.15, 0.2) is 25.0 Å². The zero-order valence-corrected chi connectivity index (χ0v) is 42.0. The molecule has 2 rings (SSSR count). The second-order valence-corrected chi connectivity index (χ2v) is 35.3. The Morgan fingerprint density at radius 3 is 1.73 bits per heavy atom. The molecule has 0 aliphatic carbocycles. The lowest BCUT2D eigenvalue weighted by Gasteiger charge is -2.45. The Balaban J connectivity index is 2.33. The van der Waals surface area contributed by atoms with E-state index in [1.807, 2.05) is 12.1 Å². The summed E-state index contributed by atoms with van der Waals surface area (Å²) in [7, 11) is -4.52. The monoisotopic (exact) mass is 821 g/mol. The fourth-order valence-electron chi connectivity index (χ4n) is 6.39. The fourth-order valence-corrected chi connectivity index (χ4v) is 10.5. The molecule has 9 heteroatoms. The van der Waals surface area contributed by atoms with Gasteiger partial charge in [0, 0.05) is 25.2 Å². The summed E-state index contributed by atoms with van der Waals surface area (Å²) >= 11 is 0. The number of unbranched alkanes of at least 4 members (excludes halogenated alkanes) is 4. The van der Waals surface area contributed by atoms with Crippen LogP contribution in [0.4, 0.5) is 0 Å². The molecule has 1 aromatic rings. The van der Waals surface area contributed by atoms with Crippen LogP contribution in [0.2, 0.25) is 54.4 Å². The normalized spacial score (nSPS) is 19.4. The number of hydrogen-bond acceptors (Lipinski definition) is 6. The third-order valence-corrected chi connectivity index (χ3v) is 26.7. The molecule has 1 heterocycles. The maximum absolute atomic E-state index is 7.46. The summed E-state index contributed by atoms with van der Waals surface area (Å²) in [6, 6.07) is 8.10. The van der Waals surface area contributed by atoms with Gasteiger partial charge >= 0.3 is 0 Å². The molecule has 0 saturated heterocycles. The van der Waals surface area contributed by atoms with Gasteiger partial charge in [0.25, 0.3) is 0 Å². The van der Waals surface area contributed by atoms with Crippen LogP contribution in [-0.2, 0) is 29.4 Å². The van der Waals surface area contributed by atoms with Gasteiger partial charge in [-0.15, -0.1) is 0 Å². The molecule has 55 heavy (non-hydrogen) atoms. The molecule has 0 fully saturated rings.